The van der Waals surface area contributed by atoms with Crippen molar-refractivity contribution in [1.82, 2.24) is 0 Å². The van der Waals surface area contributed by atoms with Crippen LogP contribution in [0.1, 0.15) is 26.7 Å². The molecule has 2 atom stereocenters. The van der Waals surface area contributed by atoms with Gasteiger partial charge in [-0.1, -0.05) is 13.0 Å². The van der Waals surface area contributed by atoms with Crippen LogP contribution in [0.25, 0.3) is 0 Å². The maximum absolute atomic E-state index is 13.5. The molecule has 1 aromatic rings. The number of anilines is 1. The smallest absolute Gasteiger partial charge is 0.125 e. The van der Waals surface area contributed by atoms with Crippen LogP contribution in [-0.2, 0) is 0 Å². The number of hydrogen-bond donors (Lipinski definition) is 1. The Balaban J connectivity index is 2.38. The maximum atomic E-state index is 13.5. The SMILES string of the molecule is CCN(c1cccc(F)c1)C1(CN)CCCSC1C. The molecule has 106 valence electrons. The molecule has 1 aliphatic rings. The lowest BCUT2D eigenvalue weighted by Crippen LogP contribution is -2.61. The number of rotatable bonds is 4. The molecule has 2 rings (SSSR count). The van der Waals surface area contributed by atoms with Crippen LogP contribution < -0.4 is 10.6 Å². The zero-order chi connectivity index (χ0) is 13.9. The van der Waals surface area contributed by atoms with Crippen molar-refractivity contribution in [2.75, 3.05) is 23.7 Å². The van der Waals surface area contributed by atoms with E-state index in [-0.39, 0.29) is 11.4 Å². The van der Waals surface area contributed by atoms with E-state index in [1.165, 1.54) is 18.2 Å². The second kappa shape index (κ2) is 6.14. The van der Waals surface area contributed by atoms with Gasteiger partial charge in [-0.2, -0.15) is 11.8 Å². The van der Waals surface area contributed by atoms with E-state index in [2.05, 4.69) is 18.7 Å². The molecule has 1 heterocycles. The van der Waals surface area contributed by atoms with Gasteiger partial charge in [0, 0.05) is 24.0 Å². The van der Waals surface area contributed by atoms with Crippen LogP contribution in [0.15, 0.2) is 24.3 Å². The Morgan fingerprint density at radius 2 is 2.32 bits per heavy atom. The van der Waals surface area contributed by atoms with Crippen LogP contribution in [0, 0.1) is 5.82 Å². The van der Waals surface area contributed by atoms with E-state index < -0.39 is 0 Å². The van der Waals surface area contributed by atoms with E-state index in [9.17, 15) is 4.39 Å². The summed E-state index contributed by atoms with van der Waals surface area (Å²) in [6, 6.07) is 6.87. The zero-order valence-corrected chi connectivity index (χ0v) is 12.5. The summed E-state index contributed by atoms with van der Waals surface area (Å²) < 4.78 is 13.5. The Labute approximate surface area is 119 Å². The van der Waals surface area contributed by atoms with Crippen molar-refractivity contribution in [3.63, 3.8) is 0 Å². The van der Waals surface area contributed by atoms with Gasteiger partial charge in [0.05, 0.1) is 5.54 Å². The predicted molar refractivity (Wildman–Crippen MR) is 82.4 cm³/mol. The molecule has 0 aliphatic carbocycles. The van der Waals surface area contributed by atoms with Crippen molar-refractivity contribution < 1.29 is 4.39 Å². The Morgan fingerprint density at radius 3 is 2.89 bits per heavy atom. The quantitative estimate of drug-likeness (QED) is 0.919. The Bertz CT molecular complexity index is 426. The minimum Gasteiger partial charge on any atom is -0.364 e. The van der Waals surface area contributed by atoms with E-state index >= 15 is 0 Å². The molecule has 1 aliphatic heterocycles. The lowest BCUT2D eigenvalue weighted by molar-refractivity contribution is 0.355. The fourth-order valence-electron chi connectivity index (χ4n) is 3.13. The van der Waals surface area contributed by atoms with Crippen molar-refractivity contribution in [3.8, 4) is 0 Å². The van der Waals surface area contributed by atoms with Gasteiger partial charge in [0.1, 0.15) is 5.82 Å². The van der Waals surface area contributed by atoms with E-state index in [0.717, 1.165) is 18.7 Å². The Kier molecular flexibility index (Phi) is 4.74. The van der Waals surface area contributed by atoms with Gasteiger partial charge in [-0.15, -0.1) is 0 Å². The third-order valence-electron chi connectivity index (χ3n) is 4.21. The van der Waals surface area contributed by atoms with Crippen LogP contribution in [0.3, 0.4) is 0 Å². The molecule has 19 heavy (non-hydrogen) atoms. The van der Waals surface area contributed by atoms with E-state index in [1.54, 1.807) is 12.1 Å². The molecule has 2 N–H and O–H groups in total. The molecule has 0 bridgehead atoms. The van der Waals surface area contributed by atoms with Crippen LogP contribution in [0.5, 0.6) is 0 Å². The summed E-state index contributed by atoms with van der Waals surface area (Å²) in [4.78, 5) is 2.30. The summed E-state index contributed by atoms with van der Waals surface area (Å²) in [6.45, 7) is 5.84. The molecule has 2 unspecified atom stereocenters. The van der Waals surface area contributed by atoms with Gasteiger partial charge in [-0.05, 0) is 43.7 Å². The van der Waals surface area contributed by atoms with Crippen LogP contribution in [0.2, 0.25) is 0 Å². The number of halogens is 1. The molecule has 0 spiro atoms. The molecule has 0 saturated carbocycles. The largest absolute Gasteiger partial charge is 0.364 e. The molecule has 0 radical (unpaired) electrons. The van der Waals surface area contributed by atoms with Crippen molar-refractivity contribution in [1.29, 1.82) is 0 Å². The predicted octanol–water partition coefficient (Wildman–Crippen LogP) is 3.27. The van der Waals surface area contributed by atoms with Gasteiger partial charge in [0.2, 0.25) is 0 Å². The average Bonchev–Trinajstić information content (AvgIpc) is 2.42. The Hall–Kier alpha value is -0.740. The minimum absolute atomic E-state index is 0.0501. The third-order valence-corrected chi connectivity index (χ3v) is 5.67. The summed E-state index contributed by atoms with van der Waals surface area (Å²) in [7, 11) is 0. The van der Waals surface area contributed by atoms with E-state index in [0.29, 0.717) is 11.8 Å². The van der Waals surface area contributed by atoms with E-state index in [1.807, 2.05) is 17.8 Å². The van der Waals surface area contributed by atoms with Crippen molar-refractivity contribution in [3.05, 3.63) is 30.1 Å². The fourth-order valence-corrected chi connectivity index (χ4v) is 4.44. The van der Waals surface area contributed by atoms with Gasteiger partial charge in [0.15, 0.2) is 0 Å². The molecular formula is C15H23FN2S. The monoisotopic (exact) mass is 282 g/mol. The highest BCUT2D eigenvalue weighted by Gasteiger charge is 2.42. The maximum Gasteiger partial charge on any atom is 0.125 e. The van der Waals surface area contributed by atoms with Gasteiger partial charge >= 0.3 is 0 Å². The molecule has 1 fully saturated rings. The molecule has 1 saturated heterocycles. The fraction of sp³-hybridized carbons (Fsp3) is 0.600. The molecule has 2 nitrogen and oxygen atoms in total. The topological polar surface area (TPSA) is 29.3 Å². The number of thioether (sulfide) groups is 1. The van der Waals surface area contributed by atoms with Crippen LogP contribution >= 0.6 is 11.8 Å². The first-order valence-corrected chi connectivity index (χ1v) is 8.04. The molecule has 0 amide bonds. The van der Waals surface area contributed by atoms with Crippen molar-refractivity contribution in [2.45, 2.75) is 37.5 Å². The summed E-state index contributed by atoms with van der Waals surface area (Å²) in [5, 5.41) is 0.467. The van der Waals surface area contributed by atoms with Crippen LogP contribution in [0.4, 0.5) is 10.1 Å². The highest BCUT2D eigenvalue weighted by Crippen LogP contribution is 2.40. The Morgan fingerprint density at radius 1 is 1.53 bits per heavy atom. The van der Waals surface area contributed by atoms with Gasteiger partial charge in [-0.25, -0.2) is 4.39 Å². The van der Waals surface area contributed by atoms with Gasteiger partial charge < -0.3 is 10.6 Å². The average molecular weight is 282 g/mol. The van der Waals surface area contributed by atoms with Gasteiger partial charge in [0.25, 0.3) is 0 Å². The first kappa shape index (κ1) is 14.7. The molecule has 0 aromatic heterocycles. The first-order valence-electron chi connectivity index (χ1n) is 6.99. The normalized spacial score (nSPS) is 27.3. The van der Waals surface area contributed by atoms with Crippen LogP contribution in [-0.4, -0.2) is 29.6 Å². The number of nitrogens with zero attached hydrogens (tertiary/aromatic N) is 1. The number of likely N-dealkylation sites (N-methyl/N-ethyl adjacent to an activating group) is 1. The first-order chi connectivity index (χ1) is 9.14. The number of benzene rings is 1. The third kappa shape index (κ3) is 2.75. The summed E-state index contributed by atoms with van der Waals surface area (Å²) >= 11 is 1.98. The summed E-state index contributed by atoms with van der Waals surface area (Å²) in [5.41, 5.74) is 7.03. The highest BCUT2D eigenvalue weighted by molar-refractivity contribution is 8.00. The zero-order valence-electron chi connectivity index (χ0n) is 11.7. The molecule has 4 heteroatoms. The summed E-state index contributed by atoms with van der Waals surface area (Å²) in [6.07, 6.45) is 2.26. The minimum atomic E-state index is -0.181. The van der Waals surface area contributed by atoms with Gasteiger partial charge in [-0.3, -0.25) is 0 Å². The van der Waals surface area contributed by atoms with E-state index in [4.69, 9.17) is 5.73 Å². The van der Waals surface area contributed by atoms with Crippen molar-refractivity contribution in [2.24, 2.45) is 5.73 Å². The number of nitrogens with two attached hydrogens (primary N) is 1. The summed E-state index contributed by atoms with van der Waals surface area (Å²) in [5.74, 6) is 1.02. The van der Waals surface area contributed by atoms with Crippen molar-refractivity contribution >= 4 is 17.4 Å². The number of hydrogen-bond acceptors (Lipinski definition) is 3. The molecule has 1 aromatic carbocycles. The second-order valence-corrected chi connectivity index (χ2v) is 6.60. The second-order valence-electron chi connectivity index (χ2n) is 5.15. The highest BCUT2D eigenvalue weighted by atomic mass is 32.2. The lowest BCUT2D eigenvalue weighted by atomic mass is 9.86. The molecular weight excluding hydrogens is 259 g/mol. The standard InChI is InChI=1S/C15H23FN2S/c1-3-18(14-7-4-6-13(16)10-14)15(11-17)8-5-9-19-12(15)2/h4,6-7,10,12H,3,5,8-9,11,17H2,1-2H3. The lowest BCUT2D eigenvalue weighted by Gasteiger charge is -2.50.